The molecule has 0 radical (unpaired) electrons. The number of amides is 1. The number of nitrogens with one attached hydrogen (secondary N) is 2. The molecule has 1 aliphatic heterocycles. The van der Waals surface area contributed by atoms with Gasteiger partial charge in [-0.1, -0.05) is 30.3 Å². The summed E-state index contributed by atoms with van der Waals surface area (Å²) in [6.07, 6.45) is 2.05. The fraction of sp³-hybridized carbons (Fsp3) is 0.562. The Hall–Kier alpha value is -1.10. The lowest BCUT2D eigenvalue weighted by atomic mass is 10.2. The van der Waals surface area contributed by atoms with Gasteiger partial charge in [0.25, 0.3) is 0 Å². The van der Waals surface area contributed by atoms with Crippen molar-refractivity contribution in [1.82, 2.24) is 15.5 Å². The molecule has 2 rings (SSSR count). The van der Waals surface area contributed by atoms with Gasteiger partial charge in [0.2, 0.25) is 5.91 Å². The van der Waals surface area contributed by atoms with Crippen LogP contribution < -0.4 is 10.6 Å². The molecule has 118 valence electrons. The molecule has 2 N–H and O–H groups in total. The van der Waals surface area contributed by atoms with E-state index in [1.54, 1.807) is 0 Å². The van der Waals surface area contributed by atoms with Crippen LogP contribution in [0.3, 0.4) is 0 Å². The van der Waals surface area contributed by atoms with Crippen molar-refractivity contribution in [2.24, 2.45) is 0 Å². The predicted molar refractivity (Wildman–Crippen MR) is 88.7 cm³/mol. The zero-order valence-corrected chi connectivity index (χ0v) is 13.7. The Morgan fingerprint density at radius 2 is 2.14 bits per heavy atom. The fourth-order valence-electron chi connectivity index (χ4n) is 2.72. The molecule has 0 spiro atoms. The molecule has 1 saturated heterocycles. The lowest BCUT2D eigenvalue weighted by molar-refractivity contribution is -0.123. The molecule has 1 fully saturated rings. The molecule has 1 amide bonds. The topological polar surface area (TPSA) is 44.4 Å². The van der Waals surface area contributed by atoms with E-state index in [0.29, 0.717) is 0 Å². The van der Waals surface area contributed by atoms with Gasteiger partial charge in [-0.2, -0.15) is 0 Å². The fourth-order valence-corrected chi connectivity index (χ4v) is 2.72. The molecule has 0 bridgehead atoms. The van der Waals surface area contributed by atoms with Crippen molar-refractivity contribution in [2.45, 2.75) is 38.4 Å². The van der Waals surface area contributed by atoms with Crippen LogP contribution in [0.2, 0.25) is 0 Å². The first-order valence-electron chi connectivity index (χ1n) is 7.41. The number of nitrogens with zero attached hydrogens (tertiary/aromatic N) is 1. The van der Waals surface area contributed by atoms with E-state index in [1.807, 2.05) is 6.07 Å². The van der Waals surface area contributed by atoms with Crippen molar-refractivity contribution in [2.75, 3.05) is 20.1 Å². The third kappa shape index (κ3) is 6.04. The second-order valence-corrected chi connectivity index (χ2v) is 5.74. The number of halogens is 1. The minimum absolute atomic E-state index is 0. The van der Waals surface area contributed by atoms with Crippen molar-refractivity contribution >= 4 is 18.3 Å². The second-order valence-electron chi connectivity index (χ2n) is 5.74. The third-order valence-electron chi connectivity index (χ3n) is 3.65. The number of hydrogen-bond donors (Lipinski definition) is 2. The normalized spacial score (nSPS) is 19.1. The highest BCUT2D eigenvalue weighted by atomic mass is 35.5. The molecule has 0 saturated carbocycles. The number of carbonyl (C=O) groups is 1. The molecule has 1 aromatic carbocycles. The molecule has 0 aliphatic carbocycles. The van der Waals surface area contributed by atoms with E-state index in [1.165, 1.54) is 5.56 Å². The SMILES string of the molecule is CC(CN(C)Cc1ccccc1)NC(=O)[C@@H]1CCCN1.Cl. The Morgan fingerprint density at radius 1 is 1.43 bits per heavy atom. The third-order valence-corrected chi connectivity index (χ3v) is 3.65. The van der Waals surface area contributed by atoms with Crippen LogP contribution in [0.1, 0.15) is 25.3 Å². The molecule has 4 nitrogen and oxygen atoms in total. The molecule has 1 heterocycles. The molecule has 21 heavy (non-hydrogen) atoms. The molecule has 0 aromatic heterocycles. The van der Waals surface area contributed by atoms with E-state index in [2.05, 4.69) is 53.8 Å². The van der Waals surface area contributed by atoms with Crippen molar-refractivity contribution in [1.29, 1.82) is 0 Å². The number of likely N-dealkylation sites (N-methyl/N-ethyl adjacent to an activating group) is 1. The molecule has 1 aliphatic rings. The summed E-state index contributed by atoms with van der Waals surface area (Å²) >= 11 is 0. The summed E-state index contributed by atoms with van der Waals surface area (Å²) in [7, 11) is 2.09. The lowest BCUT2D eigenvalue weighted by Crippen LogP contribution is -2.47. The first-order chi connectivity index (χ1) is 9.65. The van der Waals surface area contributed by atoms with Crippen molar-refractivity contribution in [3.05, 3.63) is 35.9 Å². The highest BCUT2D eigenvalue weighted by Crippen LogP contribution is 2.06. The summed E-state index contributed by atoms with van der Waals surface area (Å²) < 4.78 is 0. The van der Waals surface area contributed by atoms with Crippen LogP contribution >= 0.6 is 12.4 Å². The maximum Gasteiger partial charge on any atom is 0.237 e. The van der Waals surface area contributed by atoms with E-state index in [-0.39, 0.29) is 30.4 Å². The van der Waals surface area contributed by atoms with Crippen LogP contribution in [-0.4, -0.2) is 43.0 Å². The van der Waals surface area contributed by atoms with Gasteiger partial charge < -0.3 is 15.5 Å². The molecule has 1 unspecified atom stereocenters. The second kappa shape index (κ2) is 9.03. The van der Waals surface area contributed by atoms with Crippen LogP contribution in [0.5, 0.6) is 0 Å². The van der Waals surface area contributed by atoms with Crippen LogP contribution in [0.25, 0.3) is 0 Å². The molecular weight excluding hydrogens is 286 g/mol. The van der Waals surface area contributed by atoms with Gasteiger partial charge in [0.15, 0.2) is 0 Å². The van der Waals surface area contributed by atoms with Gasteiger partial charge in [-0.3, -0.25) is 4.79 Å². The van der Waals surface area contributed by atoms with Gasteiger partial charge >= 0.3 is 0 Å². The van der Waals surface area contributed by atoms with Gasteiger partial charge in [0, 0.05) is 19.1 Å². The maximum absolute atomic E-state index is 12.0. The standard InChI is InChI=1S/C16H25N3O.ClH/c1-13(18-16(20)15-9-6-10-17-15)11-19(2)12-14-7-4-3-5-8-14;/h3-5,7-8,13,15,17H,6,9-12H2,1-2H3,(H,18,20);1H/t13?,15-;/m0./s1. The number of hydrogen-bond acceptors (Lipinski definition) is 3. The number of carbonyl (C=O) groups excluding carboxylic acids is 1. The minimum atomic E-state index is 0. The summed E-state index contributed by atoms with van der Waals surface area (Å²) in [6, 6.07) is 10.6. The average Bonchev–Trinajstić information content (AvgIpc) is 2.93. The van der Waals surface area contributed by atoms with E-state index in [4.69, 9.17) is 0 Å². The number of benzene rings is 1. The largest absolute Gasteiger partial charge is 0.351 e. The van der Waals surface area contributed by atoms with Gasteiger partial charge in [-0.05, 0) is 38.9 Å². The van der Waals surface area contributed by atoms with Crippen molar-refractivity contribution in [3.8, 4) is 0 Å². The summed E-state index contributed by atoms with van der Waals surface area (Å²) in [5.41, 5.74) is 1.30. The Morgan fingerprint density at radius 3 is 2.76 bits per heavy atom. The molecule has 1 aromatic rings. The Balaban J connectivity index is 0.00000220. The summed E-state index contributed by atoms with van der Waals surface area (Å²) in [6.45, 7) is 4.78. The Labute approximate surface area is 133 Å². The van der Waals surface area contributed by atoms with Crippen molar-refractivity contribution < 1.29 is 4.79 Å². The molecular formula is C16H26ClN3O. The summed E-state index contributed by atoms with van der Waals surface area (Å²) in [5, 5.41) is 6.32. The highest BCUT2D eigenvalue weighted by Gasteiger charge is 2.23. The zero-order chi connectivity index (χ0) is 14.4. The smallest absolute Gasteiger partial charge is 0.237 e. The molecule has 5 heteroatoms. The highest BCUT2D eigenvalue weighted by molar-refractivity contribution is 5.85. The Kier molecular flexibility index (Phi) is 7.72. The van der Waals surface area contributed by atoms with Crippen LogP contribution in [0.4, 0.5) is 0 Å². The quantitative estimate of drug-likeness (QED) is 0.842. The van der Waals surface area contributed by atoms with Gasteiger partial charge in [0.1, 0.15) is 0 Å². The van der Waals surface area contributed by atoms with E-state index >= 15 is 0 Å². The van der Waals surface area contributed by atoms with E-state index < -0.39 is 0 Å². The zero-order valence-electron chi connectivity index (χ0n) is 12.8. The van der Waals surface area contributed by atoms with E-state index in [0.717, 1.165) is 32.5 Å². The first-order valence-corrected chi connectivity index (χ1v) is 7.41. The monoisotopic (exact) mass is 311 g/mol. The van der Waals surface area contributed by atoms with Gasteiger partial charge in [-0.15, -0.1) is 12.4 Å². The molecule has 2 atom stereocenters. The number of rotatable bonds is 6. The first kappa shape index (κ1) is 18.0. The average molecular weight is 312 g/mol. The predicted octanol–water partition coefficient (Wildman–Crippen LogP) is 1.80. The summed E-state index contributed by atoms with van der Waals surface area (Å²) in [5.74, 6) is 0.142. The van der Waals surface area contributed by atoms with Gasteiger partial charge in [-0.25, -0.2) is 0 Å². The summed E-state index contributed by atoms with van der Waals surface area (Å²) in [4.78, 5) is 14.2. The van der Waals surface area contributed by atoms with Crippen LogP contribution in [-0.2, 0) is 11.3 Å². The maximum atomic E-state index is 12.0. The lowest BCUT2D eigenvalue weighted by Gasteiger charge is -2.23. The van der Waals surface area contributed by atoms with Crippen molar-refractivity contribution in [3.63, 3.8) is 0 Å². The minimum Gasteiger partial charge on any atom is -0.351 e. The van der Waals surface area contributed by atoms with E-state index in [9.17, 15) is 4.79 Å². The van der Waals surface area contributed by atoms with Crippen LogP contribution in [0.15, 0.2) is 30.3 Å². The van der Waals surface area contributed by atoms with Gasteiger partial charge in [0.05, 0.1) is 6.04 Å². The Bertz CT molecular complexity index is 421. The van der Waals surface area contributed by atoms with Crippen LogP contribution in [0, 0.1) is 0 Å².